The SMILES string of the molecule is CC1N=CC(=O)S1. The summed E-state index contributed by atoms with van der Waals surface area (Å²) in [5.74, 6) is 0. The van der Waals surface area contributed by atoms with E-state index in [0.717, 1.165) is 0 Å². The highest BCUT2D eigenvalue weighted by Gasteiger charge is 2.11. The number of aliphatic imine (C=N–C) groups is 1. The van der Waals surface area contributed by atoms with E-state index in [-0.39, 0.29) is 10.5 Å². The Morgan fingerprint density at radius 1 is 2.00 bits per heavy atom. The van der Waals surface area contributed by atoms with Crippen molar-refractivity contribution in [2.75, 3.05) is 0 Å². The van der Waals surface area contributed by atoms with E-state index in [1.807, 2.05) is 6.92 Å². The van der Waals surface area contributed by atoms with Gasteiger partial charge in [0, 0.05) is 0 Å². The normalized spacial score (nSPS) is 29.3. The van der Waals surface area contributed by atoms with Gasteiger partial charge in [-0.3, -0.25) is 9.79 Å². The molecule has 1 aliphatic heterocycles. The van der Waals surface area contributed by atoms with Gasteiger partial charge >= 0.3 is 0 Å². The lowest BCUT2D eigenvalue weighted by Crippen LogP contribution is -1.85. The average Bonchev–Trinajstić information content (AvgIpc) is 1.87. The smallest absolute Gasteiger partial charge is 0.232 e. The maximum absolute atomic E-state index is 10.3. The first-order valence-electron chi connectivity index (χ1n) is 2.03. The van der Waals surface area contributed by atoms with Crippen LogP contribution in [0, 0.1) is 0 Å². The molecule has 0 fully saturated rings. The Morgan fingerprint density at radius 3 is 2.86 bits per heavy atom. The summed E-state index contributed by atoms with van der Waals surface area (Å²) in [6.07, 6.45) is 1.37. The van der Waals surface area contributed by atoms with Crippen LogP contribution in [-0.2, 0) is 4.79 Å². The van der Waals surface area contributed by atoms with Crippen molar-refractivity contribution in [3.05, 3.63) is 0 Å². The summed E-state index contributed by atoms with van der Waals surface area (Å²) in [5.41, 5.74) is 0. The molecule has 0 aliphatic carbocycles. The van der Waals surface area contributed by atoms with Gasteiger partial charge in [-0.05, 0) is 6.92 Å². The molecule has 0 bridgehead atoms. The van der Waals surface area contributed by atoms with E-state index >= 15 is 0 Å². The second-order valence-electron chi connectivity index (χ2n) is 1.31. The van der Waals surface area contributed by atoms with Gasteiger partial charge in [-0.15, -0.1) is 0 Å². The molecular formula is C4H5NOS. The first kappa shape index (κ1) is 4.84. The molecule has 7 heavy (non-hydrogen) atoms. The van der Waals surface area contributed by atoms with Gasteiger partial charge in [-0.2, -0.15) is 0 Å². The zero-order valence-corrected chi connectivity index (χ0v) is 4.73. The van der Waals surface area contributed by atoms with Crippen molar-refractivity contribution in [3.8, 4) is 0 Å². The molecule has 0 aromatic heterocycles. The summed E-state index contributed by atoms with van der Waals surface area (Å²) in [5, 5.41) is 0.236. The number of hydrogen-bond acceptors (Lipinski definition) is 3. The van der Waals surface area contributed by atoms with Crippen LogP contribution in [0.25, 0.3) is 0 Å². The summed E-state index contributed by atoms with van der Waals surface area (Å²) in [6.45, 7) is 1.89. The molecule has 3 heteroatoms. The molecule has 38 valence electrons. The Labute approximate surface area is 46.0 Å². The van der Waals surface area contributed by atoms with Gasteiger partial charge in [0.15, 0.2) is 0 Å². The molecule has 1 aliphatic rings. The first-order chi connectivity index (χ1) is 3.29. The van der Waals surface area contributed by atoms with Crippen LogP contribution in [0.2, 0.25) is 0 Å². The maximum atomic E-state index is 10.3. The van der Waals surface area contributed by atoms with Crippen molar-refractivity contribution in [1.29, 1.82) is 0 Å². The molecule has 1 rings (SSSR count). The summed E-state index contributed by atoms with van der Waals surface area (Å²) in [7, 11) is 0. The average molecular weight is 115 g/mol. The number of carbonyl (C=O) groups is 1. The lowest BCUT2D eigenvalue weighted by molar-refractivity contribution is -0.105. The fourth-order valence-corrected chi connectivity index (χ4v) is 0.974. The van der Waals surface area contributed by atoms with Crippen LogP contribution >= 0.6 is 11.8 Å². The maximum Gasteiger partial charge on any atom is 0.232 e. The van der Waals surface area contributed by atoms with Crippen LogP contribution in [0.5, 0.6) is 0 Å². The highest BCUT2D eigenvalue weighted by molar-refractivity contribution is 8.16. The number of nitrogens with zero attached hydrogens (tertiary/aromatic N) is 1. The Kier molecular flexibility index (Phi) is 1.15. The van der Waals surface area contributed by atoms with Gasteiger partial charge < -0.3 is 0 Å². The topological polar surface area (TPSA) is 29.4 Å². The third-order valence-corrected chi connectivity index (χ3v) is 1.48. The third-order valence-electron chi connectivity index (χ3n) is 0.677. The van der Waals surface area contributed by atoms with E-state index in [2.05, 4.69) is 4.99 Å². The van der Waals surface area contributed by atoms with Crippen molar-refractivity contribution >= 4 is 23.1 Å². The van der Waals surface area contributed by atoms with Crippen molar-refractivity contribution in [2.45, 2.75) is 12.3 Å². The van der Waals surface area contributed by atoms with Gasteiger partial charge in [-0.25, -0.2) is 0 Å². The fourth-order valence-electron chi connectivity index (χ4n) is 0.395. The summed E-state index contributed by atoms with van der Waals surface area (Å²) in [6, 6.07) is 0. The highest BCUT2D eigenvalue weighted by Crippen LogP contribution is 2.16. The Balaban J connectivity index is 2.58. The second-order valence-corrected chi connectivity index (χ2v) is 2.63. The molecule has 0 N–H and O–H groups in total. The van der Waals surface area contributed by atoms with E-state index in [1.165, 1.54) is 18.0 Å². The Hall–Kier alpha value is -0.310. The van der Waals surface area contributed by atoms with Gasteiger partial charge in [-0.1, -0.05) is 11.8 Å². The van der Waals surface area contributed by atoms with Crippen LogP contribution in [0.4, 0.5) is 0 Å². The second kappa shape index (κ2) is 1.66. The van der Waals surface area contributed by atoms with E-state index in [4.69, 9.17) is 0 Å². The number of rotatable bonds is 0. The lowest BCUT2D eigenvalue weighted by atomic mass is 10.7. The minimum absolute atomic E-state index is 0.0764. The molecule has 0 aromatic carbocycles. The molecule has 0 aromatic rings. The van der Waals surface area contributed by atoms with Crippen LogP contribution < -0.4 is 0 Å². The highest BCUT2D eigenvalue weighted by atomic mass is 32.2. The molecule has 0 spiro atoms. The van der Waals surface area contributed by atoms with Gasteiger partial charge in [0.2, 0.25) is 5.12 Å². The predicted octanol–water partition coefficient (Wildman–Crippen LogP) is 0.677. The molecular weight excluding hydrogens is 110 g/mol. The number of carbonyl (C=O) groups excluding carboxylic acids is 1. The quantitative estimate of drug-likeness (QED) is 0.464. The standard InChI is InChI=1S/C4H5NOS/c1-3-5-2-4(6)7-3/h2-3H,1H3. The molecule has 0 amide bonds. The van der Waals surface area contributed by atoms with Crippen molar-refractivity contribution in [1.82, 2.24) is 0 Å². The van der Waals surface area contributed by atoms with E-state index in [0.29, 0.717) is 0 Å². The predicted molar refractivity (Wildman–Crippen MR) is 30.6 cm³/mol. The molecule has 1 heterocycles. The van der Waals surface area contributed by atoms with E-state index in [1.54, 1.807) is 0 Å². The Morgan fingerprint density at radius 2 is 2.71 bits per heavy atom. The zero-order valence-electron chi connectivity index (χ0n) is 3.92. The minimum Gasteiger partial charge on any atom is -0.280 e. The van der Waals surface area contributed by atoms with Crippen LogP contribution in [0.15, 0.2) is 4.99 Å². The van der Waals surface area contributed by atoms with Gasteiger partial charge in [0.1, 0.15) is 5.37 Å². The third kappa shape index (κ3) is 1.03. The molecule has 0 saturated heterocycles. The number of hydrogen-bond donors (Lipinski definition) is 0. The summed E-state index contributed by atoms with van der Waals surface area (Å²) in [4.78, 5) is 14.1. The van der Waals surface area contributed by atoms with Crippen LogP contribution in [-0.4, -0.2) is 16.7 Å². The van der Waals surface area contributed by atoms with E-state index < -0.39 is 0 Å². The van der Waals surface area contributed by atoms with Crippen LogP contribution in [0.3, 0.4) is 0 Å². The molecule has 0 radical (unpaired) electrons. The number of thioether (sulfide) groups is 1. The van der Waals surface area contributed by atoms with E-state index in [9.17, 15) is 4.79 Å². The van der Waals surface area contributed by atoms with Gasteiger partial charge in [0.05, 0.1) is 6.21 Å². The minimum atomic E-state index is 0.0764. The molecule has 0 saturated carbocycles. The largest absolute Gasteiger partial charge is 0.280 e. The molecule has 1 atom stereocenters. The van der Waals surface area contributed by atoms with Crippen LogP contribution in [0.1, 0.15) is 6.92 Å². The summed E-state index contributed by atoms with van der Waals surface area (Å²) >= 11 is 1.26. The molecule has 2 nitrogen and oxygen atoms in total. The monoisotopic (exact) mass is 115 g/mol. The molecule has 1 unspecified atom stereocenters. The van der Waals surface area contributed by atoms with Crippen molar-refractivity contribution in [2.24, 2.45) is 4.99 Å². The zero-order chi connectivity index (χ0) is 5.28. The fraction of sp³-hybridized carbons (Fsp3) is 0.500. The van der Waals surface area contributed by atoms with Crippen molar-refractivity contribution in [3.63, 3.8) is 0 Å². The van der Waals surface area contributed by atoms with Gasteiger partial charge in [0.25, 0.3) is 0 Å². The lowest BCUT2D eigenvalue weighted by Gasteiger charge is -1.87. The summed E-state index contributed by atoms with van der Waals surface area (Å²) < 4.78 is 0. The van der Waals surface area contributed by atoms with Crippen molar-refractivity contribution < 1.29 is 4.79 Å². The first-order valence-corrected chi connectivity index (χ1v) is 2.91. The Bertz CT molecular complexity index is 121.